The predicted molar refractivity (Wildman–Crippen MR) is 154 cm³/mol. The summed E-state index contributed by atoms with van der Waals surface area (Å²) in [7, 11) is -1.56. The van der Waals surface area contributed by atoms with Crippen LogP contribution < -0.4 is 14.5 Å². The number of ether oxygens (including phenoxy) is 1. The van der Waals surface area contributed by atoms with Crippen molar-refractivity contribution < 1.29 is 40.1 Å². The Labute approximate surface area is 252 Å². The molecule has 1 aliphatic carbocycles. The maximum atomic E-state index is 15.1. The summed E-state index contributed by atoms with van der Waals surface area (Å²) in [5, 5.41) is 0.171. The molecule has 1 saturated heterocycles. The van der Waals surface area contributed by atoms with Gasteiger partial charge in [0, 0.05) is 40.5 Å². The lowest BCUT2D eigenvalue weighted by atomic mass is 9.75. The molecule has 7 nitrogen and oxygen atoms in total. The average molecular weight is 647 g/mol. The molecule has 4 rings (SSSR count). The maximum absolute atomic E-state index is 15.1. The number of aryl methyl sites for hydroxylation is 1. The van der Waals surface area contributed by atoms with Crippen molar-refractivity contribution in [2.45, 2.75) is 69.5 Å². The third kappa shape index (κ3) is 6.64. The molecule has 2 aliphatic rings. The number of amides is 1. The number of carbonyl (C=O) groups is 1. The van der Waals surface area contributed by atoms with E-state index in [-0.39, 0.29) is 40.7 Å². The van der Waals surface area contributed by atoms with Crippen molar-refractivity contribution in [1.29, 1.82) is 0 Å². The van der Waals surface area contributed by atoms with Crippen LogP contribution in [0.4, 0.5) is 43.5 Å². The van der Waals surface area contributed by atoms with Crippen molar-refractivity contribution in [3.63, 3.8) is 0 Å². The highest BCUT2D eigenvalue weighted by atomic mass is 32.2. The lowest BCUT2D eigenvalue weighted by Gasteiger charge is -2.43. The first-order valence-corrected chi connectivity index (χ1v) is 15.4. The molecule has 1 saturated carbocycles. The third-order valence-electron chi connectivity index (χ3n) is 7.47. The minimum atomic E-state index is -5.63. The fraction of sp³-hybridized carbons (Fsp3) is 0.500. The summed E-state index contributed by atoms with van der Waals surface area (Å²) >= 11 is 5.69. The molecule has 1 amide bonds. The minimum absolute atomic E-state index is 0.0511. The number of benzene rings is 1. The SMILES string of the molecule is [C-]#[N+]c1ncc(N2C(=O)C3(CCC3)N(c3ccc(OCCCCS(=O)CCCC(F)(F)C(F)(F)F)c(F)c3)C2=S)cc1C. The molecule has 15 heteroatoms. The Morgan fingerprint density at radius 1 is 1.12 bits per heavy atom. The van der Waals surface area contributed by atoms with Gasteiger partial charge in [-0.15, -0.1) is 4.98 Å². The lowest BCUT2D eigenvalue weighted by Crippen LogP contribution is -2.55. The van der Waals surface area contributed by atoms with Gasteiger partial charge in [-0.05, 0) is 81.4 Å². The summed E-state index contributed by atoms with van der Waals surface area (Å²) in [6, 6.07) is 5.91. The van der Waals surface area contributed by atoms with Gasteiger partial charge >= 0.3 is 12.1 Å². The Balaban J connectivity index is 1.33. The lowest BCUT2D eigenvalue weighted by molar-refractivity contribution is -0.284. The van der Waals surface area contributed by atoms with E-state index in [1.165, 1.54) is 23.2 Å². The smallest absolute Gasteiger partial charge is 0.453 e. The van der Waals surface area contributed by atoms with Gasteiger partial charge < -0.3 is 14.5 Å². The highest BCUT2D eigenvalue weighted by molar-refractivity contribution is 7.84. The first kappa shape index (κ1) is 32.7. The van der Waals surface area contributed by atoms with Gasteiger partial charge in [0.05, 0.1) is 12.3 Å². The largest absolute Gasteiger partial charge is 0.491 e. The molecule has 1 atom stereocenters. The molecular formula is C28H28F6N4O3S2. The Hall–Kier alpha value is -3.25. The number of pyridine rings is 1. The van der Waals surface area contributed by atoms with E-state index in [1.807, 2.05) is 0 Å². The number of halogens is 6. The van der Waals surface area contributed by atoms with Crippen LogP contribution in [-0.4, -0.2) is 56.0 Å². The number of unbranched alkanes of at least 4 members (excludes halogenated alkanes) is 1. The summed E-state index contributed by atoms with van der Waals surface area (Å²) < 4.78 is 95.1. The third-order valence-corrected chi connectivity index (χ3v) is 9.32. The number of anilines is 2. The van der Waals surface area contributed by atoms with Crippen molar-refractivity contribution >= 4 is 51.2 Å². The zero-order valence-electron chi connectivity index (χ0n) is 23.1. The number of nitrogens with zero attached hydrogens (tertiary/aromatic N) is 4. The van der Waals surface area contributed by atoms with Crippen molar-refractivity contribution in [2.75, 3.05) is 27.9 Å². The summed E-state index contributed by atoms with van der Waals surface area (Å²) in [4.78, 5) is 24.1. The number of aromatic nitrogens is 1. The van der Waals surface area contributed by atoms with Crippen LogP contribution in [0.3, 0.4) is 0 Å². The molecule has 43 heavy (non-hydrogen) atoms. The molecule has 1 unspecified atom stereocenters. The first-order chi connectivity index (χ1) is 20.2. The van der Waals surface area contributed by atoms with Gasteiger partial charge in [0.15, 0.2) is 16.7 Å². The number of hydrogen-bond donors (Lipinski definition) is 0. The van der Waals surface area contributed by atoms with E-state index in [0.29, 0.717) is 42.6 Å². The van der Waals surface area contributed by atoms with Gasteiger partial charge in [-0.3, -0.25) is 13.9 Å². The normalized spacial score (nSPS) is 17.3. The number of carbonyl (C=O) groups excluding carboxylic acids is 1. The Kier molecular flexibility index (Phi) is 9.70. The zero-order chi connectivity index (χ0) is 31.6. The van der Waals surface area contributed by atoms with E-state index >= 15 is 4.39 Å². The van der Waals surface area contributed by atoms with E-state index in [2.05, 4.69) is 9.83 Å². The molecule has 2 heterocycles. The number of thiocarbonyl (C=S) groups is 1. The maximum Gasteiger partial charge on any atom is 0.453 e. The van der Waals surface area contributed by atoms with Crippen molar-refractivity contribution in [3.8, 4) is 5.75 Å². The van der Waals surface area contributed by atoms with Gasteiger partial charge in [-0.25, -0.2) is 4.39 Å². The molecule has 2 fully saturated rings. The second-order valence-corrected chi connectivity index (χ2v) is 12.5. The van der Waals surface area contributed by atoms with Gasteiger partial charge in [-0.2, -0.15) is 22.0 Å². The Bertz CT molecular complexity index is 1460. The van der Waals surface area contributed by atoms with Crippen LogP contribution in [-0.2, 0) is 15.6 Å². The summed E-state index contributed by atoms with van der Waals surface area (Å²) in [5.41, 5.74) is 0.443. The summed E-state index contributed by atoms with van der Waals surface area (Å²) in [5.74, 6) is -5.75. The molecule has 1 aromatic carbocycles. The molecule has 1 aromatic heterocycles. The zero-order valence-corrected chi connectivity index (χ0v) is 24.7. The summed E-state index contributed by atoms with van der Waals surface area (Å²) in [6.07, 6.45) is -3.60. The van der Waals surface area contributed by atoms with Gasteiger partial charge in [0.1, 0.15) is 11.7 Å². The molecular weight excluding hydrogens is 618 g/mol. The van der Waals surface area contributed by atoms with Crippen LogP contribution in [0, 0.1) is 19.3 Å². The van der Waals surface area contributed by atoms with Gasteiger partial charge in [-0.1, -0.05) is 6.57 Å². The van der Waals surface area contributed by atoms with Crippen LogP contribution in [0.15, 0.2) is 30.5 Å². The second-order valence-electron chi connectivity index (χ2n) is 10.4. The molecule has 0 bridgehead atoms. The first-order valence-electron chi connectivity index (χ1n) is 13.5. The fourth-order valence-electron chi connectivity index (χ4n) is 4.99. The predicted octanol–water partition coefficient (Wildman–Crippen LogP) is 7.03. The molecule has 0 N–H and O–H groups in total. The number of alkyl halides is 5. The number of rotatable bonds is 12. The van der Waals surface area contributed by atoms with Crippen LogP contribution >= 0.6 is 12.2 Å². The van der Waals surface area contributed by atoms with Crippen molar-refractivity contribution in [1.82, 2.24) is 4.98 Å². The van der Waals surface area contributed by atoms with E-state index in [0.717, 1.165) is 6.42 Å². The molecule has 2 aromatic rings. The average Bonchev–Trinajstić information content (AvgIpc) is 3.15. The Morgan fingerprint density at radius 3 is 2.40 bits per heavy atom. The Morgan fingerprint density at radius 2 is 1.81 bits per heavy atom. The molecule has 1 aliphatic heterocycles. The summed E-state index contributed by atoms with van der Waals surface area (Å²) in [6.45, 7) is 8.98. The minimum Gasteiger partial charge on any atom is -0.491 e. The van der Waals surface area contributed by atoms with Crippen LogP contribution in [0.1, 0.15) is 50.5 Å². The number of hydrogen-bond acceptors (Lipinski definition) is 5. The molecule has 0 radical (unpaired) electrons. The molecule has 232 valence electrons. The molecule has 1 spiro atoms. The quantitative estimate of drug-likeness (QED) is 0.107. The van der Waals surface area contributed by atoms with Crippen molar-refractivity contribution in [3.05, 3.63) is 53.3 Å². The van der Waals surface area contributed by atoms with Crippen LogP contribution in [0.2, 0.25) is 0 Å². The van der Waals surface area contributed by atoms with Crippen LogP contribution in [0.25, 0.3) is 4.85 Å². The highest BCUT2D eigenvalue weighted by Crippen LogP contribution is 2.48. The fourth-order valence-corrected chi connectivity index (χ4v) is 6.66. The standard InChI is InChI=1S/C28H28F6N4O3S2/c1-18-15-20(17-36-23(18)35-2)37-24(39)26(9-5-10-26)38(25(37)42)19-7-8-22(21(29)16-19)41-12-3-4-13-43(40)14-6-11-27(30,31)28(32,33)34/h7-8,15-17H,3-6,9-14H2,1H3. The van der Waals surface area contributed by atoms with Crippen molar-refractivity contribution in [2.24, 2.45) is 0 Å². The highest BCUT2D eigenvalue weighted by Gasteiger charge is 2.60. The monoisotopic (exact) mass is 646 g/mol. The van der Waals surface area contributed by atoms with E-state index < -0.39 is 47.1 Å². The van der Waals surface area contributed by atoms with E-state index in [1.54, 1.807) is 24.0 Å². The van der Waals surface area contributed by atoms with E-state index in [9.17, 15) is 31.0 Å². The van der Waals surface area contributed by atoms with Crippen LogP contribution in [0.5, 0.6) is 5.75 Å². The van der Waals surface area contributed by atoms with Gasteiger partial charge in [0.25, 0.3) is 11.7 Å². The van der Waals surface area contributed by atoms with Gasteiger partial charge in [0.2, 0.25) is 0 Å². The second kappa shape index (κ2) is 12.8. The topological polar surface area (TPSA) is 67.1 Å². The van der Waals surface area contributed by atoms with E-state index in [4.69, 9.17) is 23.5 Å².